The van der Waals surface area contributed by atoms with E-state index < -0.39 is 0 Å². The van der Waals surface area contributed by atoms with Crippen LogP contribution in [-0.2, 0) is 6.54 Å². The molecule has 3 aromatic heterocycles. The highest BCUT2D eigenvalue weighted by atomic mass is 16.2. The molecule has 2 aliphatic carbocycles. The predicted octanol–water partition coefficient (Wildman–Crippen LogP) is 4.48. The molecule has 0 fully saturated rings. The number of carbonyl (C=O) groups is 1. The van der Waals surface area contributed by atoms with Gasteiger partial charge in [-0.1, -0.05) is 30.4 Å². The Kier molecular flexibility index (Phi) is 6.86. The first-order valence-corrected chi connectivity index (χ1v) is 12.5. The number of rotatable bonds is 7. The Balaban J connectivity index is 1.27. The van der Waals surface area contributed by atoms with Gasteiger partial charge in [0.2, 0.25) is 0 Å². The summed E-state index contributed by atoms with van der Waals surface area (Å²) in [5, 5.41) is 12.0. The lowest BCUT2D eigenvalue weighted by molar-refractivity contribution is 0.241. The van der Waals surface area contributed by atoms with Crippen molar-refractivity contribution in [1.82, 2.24) is 35.3 Å². The second kappa shape index (κ2) is 10.4. The number of nitrogens with one attached hydrogen (secondary N) is 3. The second-order valence-electron chi connectivity index (χ2n) is 9.59. The summed E-state index contributed by atoms with van der Waals surface area (Å²) in [5.74, 6) is 0.408. The fraction of sp³-hybridized carbons (Fsp3) is 0.321. The molecule has 0 aromatic carbocycles. The lowest BCUT2D eigenvalue weighted by Crippen LogP contribution is -2.41. The van der Waals surface area contributed by atoms with Gasteiger partial charge in [0, 0.05) is 48.3 Å². The van der Waals surface area contributed by atoms with E-state index in [1.165, 1.54) is 0 Å². The molecular formula is C28H33N7O. The molecule has 2 atom stereocenters. The number of hydrogen-bond donors (Lipinski definition) is 3. The van der Waals surface area contributed by atoms with Gasteiger partial charge < -0.3 is 20.5 Å². The van der Waals surface area contributed by atoms with Crippen LogP contribution in [0, 0.1) is 5.92 Å². The minimum absolute atomic E-state index is 0.0755. The molecule has 8 nitrogen and oxygen atoms in total. The molecule has 5 rings (SSSR count). The number of amides is 2. The minimum atomic E-state index is -0.189. The van der Waals surface area contributed by atoms with E-state index in [2.05, 4.69) is 77.0 Å². The third-order valence-electron chi connectivity index (χ3n) is 6.53. The molecule has 0 bridgehead atoms. The van der Waals surface area contributed by atoms with Gasteiger partial charge in [-0.05, 0) is 69.1 Å². The number of aromatic nitrogens is 4. The molecule has 0 saturated heterocycles. The lowest BCUT2D eigenvalue weighted by Gasteiger charge is -2.22. The summed E-state index contributed by atoms with van der Waals surface area (Å²) in [4.78, 5) is 22.4. The van der Waals surface area contributed by atoms with Crippen molar-refractivity contribution in [1.29, 1.82) is 0 Å². The largest absolute Gasteiger partial charge is 0.346 e. The lowest BCUT2D eigenvalue weighted by atomic mass is 9.95. The van der Waals surface area contributed by atoms with Crippen molar-refractivity contribution in [3.05, 3.63) is 78.6 Å². The Hall–Kier alpha value is -3.91. The zero-order valence-electron chi connectivity index (χ0n) is 21.0. The molecule has 3 N–H and O–H groups in total. The number of H-pyrrole nitrogens is 1. The molecule has 36 heavy (non-hydrogen) atoms. The monoisotopic (exact) mass is 483 g/mol. The highest BCUT2D eigenvalue weighted by Crippen LogP contribution is 2.34. The van der Waals surface area contributed by atoms with Crippen molar-refractivity contribution in [3.8, 4) is 11.1 Å². The van der Waals surface area contributed by atoms with E-state index in [1.54, 1.807) is 0 Å². The number of aromatic amines is 1. The third kappa shape index (κ3) is 5.18. The Bertz CT molecular complexity index is 1370. The first kappa shape index (κ1) is 23.8. The van der Waals surface area contributed by atoms with Crippen molar-refractivity contribution >= 4 is 22.6 Å². The van der Waals surface area contributed by atoms with E-state index in [9.17, 15) is 4.79 Å². The maximum Gasteiger partial charge on any atom is 0.319 e. The quantitative estimate of drug-likeness (QED) is 0.462. The van der Waals surface area contributed by atoms with Crippen LogP contribution in [0.4, 0.5) is 4.79 Å². The van der Waals surface area contributed by atoms with Gasteiger partial charge in [-0.25, -0.2) is 9.78 Å². The van der Waals surface area contributed by atoms with Gasteiger partial charge in [0.1, 0.15) is 5.65 Å². The normalized spacial score (nSPS) is 19.4. The summed E-state index contributed by atoms with van der Waals surface area (Å²) in [6, 6.07) is 3.82. The van der Waals surface area contributed by atoms with Crippen LogP contribution < -0.4 is 10.6 Å². The number of allylic oxidation sites excluding steroid dienone is 4. The molecule has 0 radical (unpaired) electrons. The van der Waals surface area contributed by atoms with E-state index in [0.717, 1.165) is 58.6 Å². The van der Waals surface area contributed by atoms with Crippen LogP contribution in [0.2, 0.25) is 0 Å². The molecule has 2 aliphatic rings. The van der Waals surface area contributed by atoms with Crippen molar-refractivity contribution in [2.45, 2.75) is 32.4 Å². The van der Waals surface area contributed by atoms with Gasteiger partial charge in [-0.2, -0.15) is 5.10 Å². The molecule has 8 heteroatoms. The number of carbonyl (C=O) groups excluding carboxylic acids is 1. The number of pyridine rings is 1. The van der Waals surface area contributed by atoms with Gasteiger partial charge in [0.25, 0.3) is 0 Å². The van der Waals surface area contributed by atoms with Crippen molar-refractivity contribution in [3.63, 3.8) is 0 Å². The first-order valence-electron chi connectivity index (χ1n) is 12.5. The van der Waals surface area contributed by atoms with Crippen LogP contribution in [0.1, 0.15) is 25.5 Å². The summed E-state index contributed by atoms with van der Waals surface area (Å²) < 4.78 is 1.96. The van der Waals surface area contributed by atoms with E-state index in [4.69, 9.17) is 5.10 Å². The topological polar surface area (TPSA) is 90.9 Å². The third-order valence-corrected chi connectivity index (χ3v) is 6.53. The van der Waals surface area contributed by atoms with Gasteiger partial charge in [-0.3, -0.25) is 4.68 Å². The molecule has 3 aromatic rings. The number of fused-ring (bicyclic) bond motifs is 1. The molecule has 0 saturated carbocycles. The van der Waals surface area contributed by atoms with E-state index in [-0.39, 0.29) is 12.1 Å². The Labute approximate surface area is 211 Å². The number of aryl methyl sites for hydroxylation is 1. The molecule has 2 unspecified atom stereocenters. The molecule has 3 heterocycles. The van der Waals surface area contributed by atoms with Crippen molar-refractivity contribution < 1.29 is 4.79 Å². The van der Waals surface area contributed by atoms with Gasteiger partial charge in [0.05, 0.1) is 11.7 Å². The predicted molar refractivity (Wildman–Crippen MR) is 144 cm³/mol. The molecule has 0 spiro atoms. The number of hydrogen-bond acceptors (Lipinski definition) is 4. The zero-order chi connectivity index (χ0) is 25.1. The SMILES string of the molecule is CCn1cc(-c2ccnc3[nH]ccc23)c(C2=CCC(NC(=O)NC3=CC(CN(C)C)CC=C3)C=C2)n1. The van der Waals surface area contributed by atoms with E-state index in [0.29, 0.717) is 12.3 Å². The Morgan fingerprint density at radius 1 is 1.22 bits per heavy atom. The molecule has 0 aliphatic heterocycles. The highest BCUT2D eigenvalue weighted by molar-refractivity contribution is 5.96. The summed E-state index contributed by atoms with van der Waals surface area (Å²) in [7, 11) is 4.13. The zero-order valence-corrected chi connectivity index (χ0v) is 21.0. The van der Waals surface area contributed by atoms with Crippen LogP contribution in [0.25, 0.3) is 27.7 Å². The maximum atomic E-state index is 12.7. The Morgan fingerprint density at radius 2 is 2.11 bits per heavy atom. The minimum Gasteiger partial charge on any atom is -0.346 e. The maximum absolute atomic E-state index is 12.7. The summed E-state index contributed by atoms with van der Waals surface area (Å²) in [6.45, 7) is 3.83. The van der Waals surface area contributed by atoms with E-state index >= 15 is 0 Å². The number of urea groups is 1. The van der Waals surface area contributed by atoms with Gasteiger partial charge in [0.15, 0.2) is 0 Å². The van der Waals surface area contributed by atoms with Crippen LogP contribution in [0.3, 0.4) is 0 Å². The number of nitrogens with zero attached hydrogens (tertiary/aromatic N) is 4. The van der Waals surface area contributed by atoms with Crippen LogP contribution >= 0.6 is 0 Å². The molecule has 186 valence electrons. The average Bonchev–Trinajstić information content (AvgIpc) is 3.51. The fourth-order valence-electron chi connectivity index (χ4n) is 4.85. The van der Waals surface area contributed by atoms with Crippen LogP contribution in [0.15, 0.2) is 72.9 Å². The van der Waals surface area contributed by atoms with Crippen molar-refractivity contribution in [2.24, 2.45) is 5.92 Å². The van der Waals surface area contributed by atoms with Gasteiger partial charge in [-0.15, -0.1) is 0 Å². The van der Waals surface area contributed by atoms with Crippen LogP contribution in [-0.4, -0.2) is 57.4 Å². The Morgan fingerprint density at radius 3 is 2.89 bits per heavy atom. The second-order valence-corrected chi connectivity index (χ2v) is 9.59. The van der Waals surface area contributed by atoms with Crippen molar-refractivity contribution in [2.75, 3.05) is 20.6 Å². The molecule has 2 amide bonds. The highest BCUT2D eigenvalue weighted by Gasteiger charge is 2.20. The average molecular weight is 484 g/mol. The first-order chi connectivity index (χ1) is 17.5. The summed E-state index contributed by atoms with van der Waals surface area (Å²) in [6.07, 6.45) is 20.0. The molecular weight excluding hydrogens is 450 g/mol. The standard InChI is InChI=1S/C28H33N7O/c1-4-35-18-25(23-12-14-29-27-24(23)13-15-30-27)26(33-35)20-8-10-21(11-9-20)31-28(36)32-22-7-5-6-19(16-22)17-34(2)3/h5,7-10,12-16,18-19,21H,4,6,11,17H2,1-3H3,(H,29,30)(H2,31,32,36). The van der Waals surface area contributed by atoms with Gasteiger partial charge >= 0.3 is 6.03 Å². The summed E-state index contributed by atoms with van der Waals surface area (Å²) >= 11 is 0. The van der Waals surface area contributed by atoms with E-state index in [1.807, 2.05) is 41.4 Å². The fourth-order valence-corrected chi connectivity index (χ4v) is 4.85. The summed E-state index contributed by atoms with van der Waals surface area (Å²) in [5.41, 5.74) is 5.89. The van der Waals surface area contributed by atoms with Crippen LogP contribution in [0.5, 0.6) is 0 Å². The smallest absolute Gasteiger partial charge is 0.319 e.